The van der Waals surface area contributed by atoms with Crippen LogP contribution in [0.15, 0.2) is 35.5 Å². The molecular weight excluding hydrogens is 398 g/mol. The smallest absolute Gasteiger partial charge is 0.228 e. The highest BCUT2D eigenvalue weighted by Crippen LogP contribution is 2.41. The van der Waals surface area contributed by atoms with Crippen LogP contribution in [0.1, 0.15) is 35.8 Å². The van der Waals surface area contributed by atoms with Gasteiger partial charge in [0, 0.05) is 24.9 Å². The van der Waals surface area contributed by atoms with E-state index in [9.17, 15) is 5.26 Å². The first-order chi connectivity index (χ1) is 14.8. The molecule has 30 heavy (non-hydrogen) atoms. The van der Waals surface area contributed by atoms with Gasteiger partial charge in [0.15, 0.2) is 5.16 Å². The van der Waals surface area contributed by atoms with Crippen LogP contribution in [0.25, 0.3) is 5.69 Å². The lowest BCUT2D eigenvalue weighted by Gasteiger charge is -2.27. The normalized spacial score (nSPS) is 16.6. The van der Waals surface area contributed by atoms with Crippen molar-refractivity contribution < 1.29 is 4.74 Å². The molecular formula is C21H23N7OS. The lowest BCUT2D eigenvalue weighted by Crippen LogP contribution is -2.38. The van der Waals surface area contributed by atoms with Gasteiger partial charge in [0.2, 0.25) is 5.95 Å². The molecule has 8 nitrogen and oxygen atoms in total. The van der Waals surface area contributed by atoms with E-state index >= 15 is 0 Å². The van der Waals surface area contributed by atoms with Crippen LogP contribution in [0.5, 0.6) is 0 Å². The molecule has 1 aliphatic carbocycles. The highest BCUT2D eigenvalue weighted by Gasteiger charge is 2.32. The quantitative estimate of drug-likeness (QED) is 0.565. The predicted octanol–water partition coefficient (Wildman–Crippen LogP) is 3.11. The number of aromatic nitrogens is 5. The van der Waals surface area contributed by atoms with Gasteiger partial charge in [-0.1, -0.05) is 30.0 Å². The summed E-state index contributed by atoms with van der Waals surface area (Å²) in [5.74, 6) is 1.55. The van der Waals surface area contributed by atoms with Crippen LogP contribution in [-0.4, -0.2) is 50.8 Å². The second-order valence-electron chi connectivity index (χ2n) is 7.54. The van der Waals surface area contributed by atoms with Crippen LogP contribution in [-0.2, 0) is 10.5 Å². The maximum atomic E-state index is 9.72. The van der Waals surface area contributed by atoms with Crippen molar-refractivity contribution >= 4 is 17.7 Å². The van der Waals surface area contributed by atoms with Crippen molar-refractivity contribution in [2.45, 2.75) is 36.7 Å². The average molecular weight is 422 g/mol. The molecule has 0 bridgehead atoms. The number of hydrogen-bond donors (Lipinski definition) is 0. The minimum atomic E-state index is 0.469. The third-order valence-corrected chi connectivity index (χ3v) is 6.41. The first kappa shape index (κ1) is 19.2. The molecule has 0 atom stereocenters. The van der Waals surface area contributed by atoms with E-state index in [4.69, 9.17) is 4.74 Å². The van der Waals surface area contributed by atoms with Crippen molar-refractivity contribution in [1.82, 2.24) is 24.5 Å². The number of para-hydroxylation sites is 1. The number of nitriles is 1. The maximum Gasteiger partial charge on any atom is 0.228 e. The first-order valence-corrected chi connectivity index (χ1v) is 11.2. The summed E-state index contributed by atoms with van der Waals surface area (Å²) >= 11 is 1.62. The van der Waals surface area contributed by atoms with E-state index < -0.39 is 0 Å². The first-order valence-electron chi connectivity index (χ1n) is 10.2. The summed E-state index contributed by atoms with van der Waals surface area (Å²) in [5.41, 5.74) is 3.23. The van der Waals surface area contributed by atoms with Gasteiger partial charge in [-0.3, -0.25) is 4.57 Å². The summed E-state index contributed by atoms with van der Waals surface area (Å²) < 4.78 is 9.64. The fourth-order valence-electron chi connectivity index (χ4n) is 3.77. The number of aryl methyl sites for hydroxylation is 1. The van der Waals surface area contributed by atoms with Gasteiger partial charge in [-0.25, -0.2) is 4.68 Å². The van der Waals surface area contributed by atoms with Crippen molar-refractivity contribution in [3.63, 3.8) is 0 Å². The Bertz CT molecular complexity index is 1070. The van der Waals surface area contributed by atoms with E-state index in [0.29, 0.717) is 17.4 Å². The van der Waals surface area contributed by atoms with Crippen LogP contribution in [0.3, 0.4) is 0 Å². The third kappa shape index (κ3) is 3.57. The van der Waals surface area contributed by atoms with Crippen molar-refractivity contribution in [2.75, 3.05) is 31.2 Å². The molecule has 154 valence electrons. The lowest BCUT2D eigenvalue weighted by atomic mass is 10.2. The van der Waals surface area contributed by atoms with E-state index in [1.54, 1.807) is 11.8 Å². The molecule has 0 amide bonds. The Hall–Kier alpha value is -2.83. The van der Waals surface area contributed by atoms with Crippen LogP contribution in [0.4, 0.5) is 5.95 Å². The number of hydrogen-bond acceptors (Lipinski definition) is 7. The van der Waals surface area contributed by atoms with Crippen molar-refractivity contribution in [1.29, 1.82) is 5.26 Å². The van der Waals surface area contributed by atoms with Gasteiger partial charge in [0.25, 0.3) is 0 Å². The fourth-order valence-corrected chi connectivity index (χ4v) is 4.77. The lowest BCUT2D eigenvalue weighted by molar-refractivity contribution is 0.121. The molecule has 0 N–H and O–H groups in total. The Morgan fingerprint density at radius 3 is 2.63 bits per heavy atom. The molecule has 1 saturated carbocycles. The van der Waals surface area contributed by atoms with Crippen LogP contribution >= 0.6 is 11.8 Å². The Kier molecular flexibility index (Phi) is 5.19. The molecule has 5 rings (SSSR count). The van der Waals surface area contributed by atoms with Crippen molar-refractivity contribution in [3.05, 3.63) is 47.3 Å². The van der Waals surface area contributed by atoms with Gasteiger partial charge < -0.3 is 9.64 Å². The molecule has 3 heterocycles. The summed E-state index contributed by atoms with van der Waals surface area (Å²) in [6.45, 7) is 5.01. The summed E-state index contributed by atoms with van der Waals surface area (Å²) in [5, 5.41) is 24.3. The average Bonchev–Trinajstić information content (AvgIpc) is 3.46. The molecule has 1 aliphatic heterocycles. The molecule has 1 aromatic carbocycles. The fraction of sp³-hybridized carbons (Fsp3) is 0.429. The third-order valence-electron chi connectivity index (χ3n) is 5.46. The Balaban J connectivity index is 1.45. The monoisotopic (exact) mass is 421 g/mol. The van der Waals surface area contributed by atoms with E-state index in [-0.39, 0.29) is 0 Å². The van der Waals surface area contributed by atoms with Crippen molar-refractivity contribution in [3.8, 4) is 11.8 Å². The second-order valence-corrected chi connectivity index (χ2v) is 8.48. The van der Waals surface area contributed by atoms with Gasteiger partial charge in [0.1, 0.15) is 6.07 Å². The van der Waals surface area contributed by atoms with Crippen LogP contribution in [0.2, 0.25) is 0 Å². The Morgan fingerprint density at radius 1 is 1.17 bits per heavy atom. The number of ether oxygens (including phenoxy) is 1. The van der Waals surface area contributed by atoms with Gasteiger partial charge in [-0.15, -0.1) is 10.2 Å². The highest BCUT2D eigenvalue weighted by atomic mass is 32.2. The zero-order chi connectivity index (χ0) is 20.5. The largest absolute Gasteiger partial charge is 0.378 e. The Morgan fingerprint density at radius 2 is 1.93 bits per heavy atom. The summed E-state index contributed by atoms with van der Waals surface area (Å²) in [6, 6.07) is 12.8. The van der Waals surface area contributed by atoms with Crippen molar-refractivity contribution in [2.24, 2.45) is 0 Å². The molecule has 0 radical (unpaired) electrons. The Labute approximate surface area is 179 Å². The topological polar surface area (TPSA) is 84.8 Å². The van der Waals surface area contributed by atoms with Crippen LogP contribution < -0.4 is 4.90 Å². The molecule has 2 aromatic heterocycles. The molecule has 2 aliphatic rings. The molecule has 0 spiro atoms. The number of nitrogens with zero attached hydrogens (tertiary/aromatic N) is 7. The molecule has 2 fully saturated rings. The minimum Gasteiger partial charge on any atom is -0.378 e. The standard InChI is InChI=1S/C21H23N7OS/c1-15-18(13-22)19(28(25-15)17-5-3-2-4-6-17)14-30-21-24-23-20(27(21)16-7-8-16)26-9-11-29-12-10-26/h2-6,16H,7-12,14H2,1H3. The number of rotatable bonds is 6. The maximum absolute atomic E-state index is 9.72. The van der Waals surface area contributed by atoms with E-state index in [1.165, 1.54) is 0 Å². The van der Waals surface area contributed by atoms with E-state index in [0.717, 1.165) is 67.3 Å². The summed E-state index contributed by atoms with van der Waals surface area (Å²) in [6.07, 6.45) is 2.32. The SMILES string of the molecule is Cc1nn(-c2ccccc2)c(CSc2nnc(N3CCOCC3)n2C2CC2)c1C#N. The molecule has 0 unspecified atom stereocenters. The summed E-state index contributed by atoms with van der Waals surface area (Å²) in [7, 11) is 0. The highest BCUT2D eigenvalue weighted by molar-refractivity contribution is 7.98. The predicted molar refractivity (Wildman–Crippen MR) is 114 cm³/mol. The van der Waals surface area contributed by atoms with Gasteiger partial charge in [-0.05, 0) is 31.9 Å². The molecule has 3 aromatic rings. The zero-order valence-electron chi connectivity index (χ0n) is 16.9. The van der Waals surface area contributed by atoms with Gasteiger partial charge in [0.05, 0.1) is 35.9 Å². The molecule has 9 heteroatoms. The number of anilines is 1. The van der Waals surface area contributed by atoms with Gasteiger partial charge in [-0.2, -0.15) is 10.4 Å². The number of thioether (sulfide) groups is 1. The second kappa shape index (κ2) is 8.13. The van der Waals surface area contributed by atoms with E-state index in [2.05, 4.69) is 30.8 Å². The van der Waals surface area contributed by atoms with E-state index in [1.807, 2.05) is 41.9 Å². The molecule has 1 saturated heterocycles. The van der Waals surface area contributed by atoms with Gasteiger partial charge >= 0.3 is 0 Å². The van der Waals surface area contributed by atoms with Crippen LogP contribution in [0, 0.1) is 18.3 Å². The number of morpholine rings is 1. The number of benzene rings is 1. The minimum absolute atomic E-state index is 0.469. The zero-order valence-corrected chi connectivity index (χ0v) is 17.7. The summed E-state index contributed by atoms with van der Waals surface area (Å²) in [4.78, 5) is 2.26.